The lowest BCUT2D eigenvalue weighted by molar-refractivity contribution is -0.109. The quantitative estimate of drug-likeness (QED) is 0.861. The number of carbonyl (C=O) groups excluding carboxylic acids is 1. The number of benzene rings is 1. The van der Waals surface area contributed by atoms with Crippen LogP contribution < -0.4 is 0 Å². The maximum Gasteiger partial charge on any atom is 0.185 e. The summed E-state index contributed by atoms with van der Waals surface area (Å²) in [5.41, 5.74) is 2.97. The normalized spacial score (nSPS) is 14.3. The first-order valence-corrected chi connectivity index (χ1v) is 6.97. The lowest BCUT2D eigenvalue weighted by atomic mass is 9.98. The van der Waals surface area contributed by atoms with Crippen LogP contribution in [0.4, 0.5) is 0 Å². The fourth-order valence-electron chi connectivity index (χ4n) is 1.65. The van der Waals surface area contributed by atoms with Crippen LogP contribution >= 0.6 is 11.8 Å². The molecule has 0 saturated carbocycles. The Morgan fingerprint density at radius 2 is 1.94 bits per heavy atom. The lowest BCUT2D eigenvalue weighted by Gasteiger charge is -2.18. The number of hydrogen-bond acceptors (Lipinski definition) is 4. The summed E-state index contributed by atoms with van der Waals surface area (Å²) in [5, 5.41) is 19.9. The SMILES string of the molecule is CC(=O)SCCC(O)C(O)c1ccc(C)c(C)c1. The van der Waals surface area contributed by atoms with Crippen molar-refractivity contribution in [3.8, 4) is 0 Å². The zero-order valence-corrected chi connectivity index (χ0v) is 11.8. The second kappa shape index (κ2) is 6.92. The molecule has 3 nitrogen and oxygen atoms in total. The molecule has 0 spiro atoms. The van der Waals surface area contributed by atoms with Gasteiger partial charge in [-0.25, -0.2) is 0 Å². The minimum absolute atomic E-state index is 0.0304. The molecule has 100 valence electrons. The Balaban J connectivity index is 2.59. The molecular formula is C14H20O3S. The van der Waals surface area contributed by atoms with E-state index in [1.807, 2.05) is 32.0 Å². The highest BCUT2D eigenvalue weighted by Gasteiger charge is 2.18. The van der Waals surface area contributed by atoms with Crippen molar-refractivity contribution in [3.05, 3.63) is 34.9 Å². The number of carbonyl (C=O) groups is 1. The molecule has 1 aromatic rings. The molecule has 0 fully saturated rings. The molecule has 4 heteroatoms. The maximum absolute atomic E-state index is 10.8. The van der Waals surface area contributed by atoms with Gasteiger partial charge in [0, 0.05) is 12.7 Å². The van der Waals surface area contributed by atoms with Crippen molar-refractivity contribution in [2.75, 3.05) is 5.75 Å². The van der Waals surface area contributed by atoms with E-state index < -0.39 is 12.2 Å². The van der Waals surface area contributed by atoms with Crippen LogP contribution in [-0.2, 0) is 4.79 Å². The first kappa shape index (κ1) is 15.2. The van der Waals surface area contributed by atoms with Gasteiger partial charge >= 0.3 is 0 Å². The average molecular weight is 268 g/mol. The van der Waals surface area contributed by atoms with Crippen LogP contribution in [0.2, 0.25) is 0 Å². The molecule has 0 aliphatic heterocycles. The van der Waals surface area contributed by atoms with E-state index in [4.69, 9.17) is 0 Å². The van der Waals surface area contributed by atoms with Gasteiger partial charge in [0.2, 0.25) is 0 Å². The van der Waals surface area contributed by atoms with Crippen molar-refractivity contribution in [1.29, 1.82) is 0 Å². The number of aliphatic hydroxyl groups excluding tert-OH is 2. The highest BCUT2D eigenvalue weighted by molar-refractivity contribution is 8.13. The Hall–Kier alpha value is -0.840. The Bertz CT molecular complexity index is 418. The van der Waals surface area contributed by atoms with Crippen LogP contribution in [0.15, 0.2) is 18.2 Å². The first-order chi connectivity index (χ1) is 8.41. The maximum atomic E-state index is 10.8. The molecule has 2 unspecified atom stereocenters. The van der Waals surface area contributed by atoms with Gasteiger partial charge in [-0.2, -0.15) is 0 Å². The third-order valence-electron chi connectivity index (χ3n) is 2.96. The Kier molecular flexibility index (Phi) is 5.85. The topological polar surface area (TPSA) is 57.5 Å². The molecule has 18 heavy (non-hydrogen) atoms. The summed E-state index contributed by atoms with van der Waals surface area (Å²) in [6.45, 7) is 5.48. The summed E-state index contributed by atoms with van der Waals surface area (Å²) in [6, 6.07) is 5.65. The zero-order valence-electron chi connectivity index (χ0n) is 11.0. The van der Waals surface area contributed by atoms with Gasteiger partial charge in [0.05, 0.1) is 6.10 Å². The standard InChI is InChI=1S/C14H20O3S/c1-9-4-5-12(8-10(9)2)14(17)13(16)6-7-18-11(3)15/h4-5,8,13-14,16-17H,6-7H2,1-3H3. The summed E-state index contributed by atoms with van der Waals surface area (Å²) in [4.78, 5) is 10.8. The molecule has 0 radical (unpaired) electrons. The van der Waals surface area contributed by atoms with Gasteiger partial charge in [-0.15, -0.1) is 0 Å². The lowest BCUT2D eigenvalue weighted by Crippen LogP contribution is -2.19. The Morgan fingerprint density at radius 3 is 2.50 bits per heavy atom. The van der Waals surface area contributed by atoms with E-state index in [0.29, 0.717) is 12.2 Å². The van der Waals surface area contributed by atoms with Crippen molar-refractivity contribution in [3.63, 3.8) is 0 Å². The van der Waals surface area contributed by atoms with Crippen LogP contribution in [0.25, 0.3) is 0 Å². The van der Waals surface area contributed by atoms with Crippen molar-refractivity contribution >= 4 is 16.9 Å². The molecule has 0 saturated heterocycles. The molecule has 0 amide bonds. The highest BCUT2D eigenvalue weighted by Crippen LogP contribution is 2.22. The minimum Gasteiger partial charge on any atom is -0.390 e. The van der Waals surface area contributed by atoms with E-state index in [1.165, 1.54) is 18.7 Å². The zero-order chi connectivity index (χ0) is 13.7. The van der Waals surface area contributed by atoms with Crippen LogP contribution in [0.3, 0.4) is 0 Å². The van der Waals surface area contributed by atoms with Gasteiger partial charge in [0.1, 0.15) is 6.10 Å². The van der Waals surface area contributed by atoms with Gasteiger partial charge in [-0.05, 0) is 37.0 Å². The van der Waals surface area contributed by atoms with E-state index in [-0.39, 0.29) is 5.12 Å². The van der Waals surface area contributed by atoms with E-state index in [2.05, 4.69) is 0 Å². The van der Waals surface area contributed by atoms with Gasteiger partial charge in [-0.3, -0.25) is 4.79 Å². The fraction of sp³-hybridized carbons (Fsp3) is 0.500. The highest BCUT2D eigenvalue weighted by atomic mass is 32.2. The van der Waals surface area contributed by atoms with Crippen molar-refractivity contribution in [1.82, 2.24) is 0 Å². The monoisotopic (exact) mass is 268 g/mol. The number of rotatable bonds is 5. The third-order valence-corrected chi connectivity index (χ3v) is 3.80. The summed E-state index contributed by atoms with van der Waals surface area (Å²) in [6.07, 6.45) is -1.32. The molecule has 1 aromatic carbocycles. The summed E-state index contributed by atoms with van der Waals surface area (Å²) in [5.74, 6) is 0.526. The van der Waals surface area contributed by atoms with Gasteiger partial charge in [-0.1, -0.05) is 30.0 Å². The largest absolute Gasteiger partial charge is 0.390 e. The smallest absolute Gasteiger partial charge is 0.185 e. The summed E-state index contributed by atoms with van der Waals surface area (Å²) in [7, 11) is 0. The van der Waals surface area contributed by atoms with Crippen molar-refractivity contribution in [2.45, 2.75) is 39.4 Å². The molecule has 2 atom stereocenters. The summed E-state index contributed by atoms with van der Waals surface area (Å²) >= 11 is 1.17. The van der Waals surface area contributed by atoms with Crippen LogP contribution in [0.1, 0.15) is 36.1 Å². The number of aliphatic hydroxyl groups is 2. The second-order valence-electron chi connectivity index (χ2n) is 4.48. The molecule has 0 heterocycles. The number of thioether (sulfide) groups is 1. The predicted molar refractivity (Wildman–Crippen MR) is 74.6 cm³/mol. The third kappa shape index (κ3) is 4.44. The summed E-state index contributed by atoms with van der Waals surface area (Å²) < 4.78 is 0. The average Bonchev–Trinajstić information content (AvgIpc) is 2.31. The molecule has 2 N–H and O–H groups in total. The number of hydrogen-bond donors (Lipinski definition) is 2. The van der Waals surface area contributed by atoms with Crippen molar-refractivity contribution in [2.24, 2.45) is 0 Å². The second-order valence-corrected chi connectivity index (χ2v) is 5.76. The van der Waals surface area contributed by atoms with Crippen LogP contribution in [0, 0.1) is 13.8 Å². The fourth-order valence-corrected chi connectivity index (χ4v) is 2.30. The first-order valence-electron chi connectivity index (χ1n) is 5.98. The van der Waals surface area contributed by atoms with E-state index in [0.717, 1.165) is 16.7 Å². The van der Waals surface area contributed by atoms with Crippen molar-refractivity contribution < 1.29 is 15.0 Å². The van der Waals surface area contributed by atoms with Crippen LogP contribution in [0.5, 0.6) is 0 Å². The van der Waals surface area contributed by atoms with Gasteiger partial charge < -0.3 is 10.2 Å². The molecule has 0 aromatic heterocycles. The molecule has 0 bridgehead atoms. The predicted octanol–water partition coefficient (Wildman–Crippen LogP) is 2.37. The Morgan fingerprint density at radius 1 is 1.28 bits per heavy atom. The number of aryl methyl sites for hydroxylation is 2. The van der Waals surface area contributed by atoms with Gasteiger partial charge in [0.25, 0.3) is 0 Å². The van der Waals surface area contributed by atoms with Gasteiger partial charge in [0.15, 0.2) is 5.12 Å². The van der Waals surface area contributed by atoms with Crippen LogP contribution in [-0.4, -0.2) is 27.2 Å². The minimum atomic E-state index is -0.892. The molecular weight excluding hydrogens is 248 g/mol. The van der Waals surface area contributed by atoms with E-state index in [1.54, 1.807) is 0 Å². The molecule has 0 aliphatic carbocycles. The molecule has 0 aliphatic rings. The van der Waals surface area contributed by atoms with E-state index >= 15 is 0 Å². The Labute approximate surface area is 112 Å². The molecule has 1 rings (SSSR count). The van der Waals surface area contributed by atoms with E-state index in [9.17, 15) is 15.0 Å².